The maximum absolute atomic E-state index is 12.6. The minimum atomic E-state index is -2.87. The number of alkyl halides is 2. The summed E-state index contributed by atoms with van der Waals surface area (Å²) in [5, 5.41) is 9.15. The van der Waals surface area contributed by atoms with Gasteiger partial charge in [0.05, 0.1) is 0 Å². The number of pyridine rings is 1. The molecule has 3 rings (SSSR count). The van der Waals surface area contributed by atoms with Crippen LogP contribution in [0.3, 0.4) is 0 Å². The zero-order chi connectivity index (χ0) is 18.5. The van der Waals surface area contributed by atoms with Gasteiger partial charge in [0.15, 0.2) is 0 Å². The van der Waals surface area contributed by atoms with E-state index in [2.05, 4.69) is 14.6 Å². The van der Waals surface area contributed by atoms with Crippen LogP contribution in [0, 0.1) is 0 Å². The number of ether oxygens (including phenoxy) is 1. The number of aromatic nitrogens is 1. The Labute approximate surface area is 151 Å². The molecular weight excluding hydrogens is 344 g/mol. The predicted octanol–water partition coefficient (Wildman–Crippen LogP) is 3.39. The van der Waals surface area contributed by atoms with Gasteiger partial charge in [0, 0.05) is 30.9 Å². The zero-order valence-electron chi connectivity index (χ0n) is 14.7. The number of rotatable bonds is 4. The summed E-state index contributed by atoms with van der Waals surface area (Å²) in [6.45, 7) is 0.0739. The lowest BCUT2D eigenvalue weighted by Gasteiger charge is -2.37. The Kier molecular flexibility index (Phi) is 6.24. The van der Waals surface area contributed by atoms with Gasteiger partial charge >= 0.3 is 12.7 Å². The first-order valence-corrected chi connectivity index (χ1v) is 9.16. The fourth-order valence-corrected chi connectivity index (χ4v) is 4.11. The first-order valence-electron chi connectivity index (χ1n) is 9.16. The molecule has 8 heteroatoms. The van der Waals surface area contributed by atoms with Crippen molar-refractivity contribution in [3.63, 3.8) is 0 Å². The van der Waals surface area contributed by atoms with Crippen LogP contribution in [0.25, 0.3) is 0 Å². The lowest BCUT2D eigenvalue weighted by atomic mass is 9.89. The van der Waals surface area contributed by atoms with Crippen LogP contribution in [0.4, 0.5) is 13.6 Å². The fourth-order valence-electron chi connectivity index (χ4n) is 4.11. The maximum Gasteiger partial charge on any atom is 0.407 e. The van der Waals surface area contributed by atoms with Crippen LogP contribution in [0.5, 0.6) is 5.88 Å². The molecule has 1 atom stereocenters. The summed E-state index contributed by atoms with van der Waals surface area (Å²) in [5.41, 5.74) is 0.755. The van der Waals surface area contributed by atoms with Crippen molar-refractivity contribution in [2.24, 2.45) is 0 Å². The number of carboxylic acid groups (broad SMARTS) is 1. The minimum Gasteiger partial charge on any atom is -0.465 e. The van der Waals surface area contributed by atoms with E-state index in [0.717, 1.165) is 50.8 Å². The average Bonchev–Trinajstić information content (AvgIpc) is 2.88. The molecule has 0 bridgehead atoms. The van der Waals surface area contributed by atoms with Crippen LogP contribution in [0.1, 0.15) is 43.6 Å². The molecule has 1 unspecified atom stereocenters. The smallest absolute Gasteiger partial charge is 0.407 e. The van der Waals surface area contributed by atoms with E-state index in [0.29, 0.717) is 19.1 Å². The van der Waals surface area contributed by atoms with Gasteiger partial charge < -0.3 is 19.6 Å². The molecule has 2 saturated heterocycles. The van der Waals surface area contributed by atoms with Crippen molar-refractivity contribution < 1.29 is 23.4 Å². The number of hydrogen-bond donors (Lipinski definition) is 1. The molecule has 2 fully saturated rings. The number of piperidine rings is 1. The molecule has 1 aromatic rings. The summed E-state index contributed by atoms with van der Waals surface area (Å²) in [6, 6.07) is 3.97. The van der Waals surface area contributed by atoms with E-state index in [1.165, 1.54) is 11.1 Å². The molecule has 144 valence electrons. The summed E-state index contributed by atoms with van der Waals surface area (Å²) in [5.74, 6) is 0.197. The maximum atomic E-state index is 12.6. The lowest BCUT2D eigenvalue weighted by Crippen LogP contribution is -2.41. The molecule has 0 aromatic carbocycles. The third-order valence-corrected chi connectivity index (χ3v) is 5.46. The highest BCUT2D eigenvalue weighted by molar-refractivity contribution is 5.64. The first kappa shape index (κ1) is 18.8. The van der Waals surface area contributed by atoms with E-state index >= 15 is 0 Å². The molecule has 3 heterocycles. The van der Waals surface area contributed by atoms with Crippen LogP contribution in [0.2, 0.25) is 0 Å². The van der Waals surface area contributed by atoms with Gasteiger partial charge in [0.1, 0.15) is 0 Å². The molecule has 0 aliphatic carbocycles. The van der Waals surface area contributed by atoms with Crippen molar-refractivity contribution in [3.05, 3.63) is 23.9 Å². The van der Waals surface area contributed by atoms with Crippen LogP contribution in [0.15, 0.2) is 18.3 Å². The highest BCUT2D eigenvalue weighted by atomic mass is 19.3. The third kappa shape index (κ3) is 4.60. The van der Waals surface area contributed by atoms with Crippen molar-refractivity contribution >= 4 is 6.09 Å². The molecule has 26 heavy (non-hydrogen) atoms. The summed E-state index contributed by atoms with van der Waals surface area (Å²) < 4.78 is 29.7. The lowest BCUT2D eigenvalue weighted by molar-refractivity contribution is -0.0538. The van der Waals surface area contributed by atoms with E-state index in [-0.39, 0.29) is 11.8 Å². The number of likely N-dealkylation sites (tertiary alicyclic amines) is 2. The number of halogens is 2. The zero-order valence-corrected chi connectivity index (χ0v) is 14.7. The Bertz CT molecular complexity index is 609. The van der Waals surface area contributed by atoms with E-state index in [1.807, 2.05) is 6.07 Å². The Morgan fingerprint density at radius 2 is 1.96 bits per heavy atom. The Morgan fingerprint density at radius 3 is 2.65 bits per heavy atom. The summed E-state index contributed by atoms with van der Waals surface area (Å²) in [6.07, 6.45) is 5.09. The molecular formula is C18H25F2N3O3. The van der Waals surface area contributed by atoms with Gasteiger partial charge in [-0.3, -0.25) is 0 Å². The van der Waals surface area contributed by atoms with Crippen LogP contribution >= 0.6 is 0 Å². The van der Waals surface area contributed by atoms with Crippen molar-refractivity contribution in [1.29, 1.82) is 0 Å². The highest BCUT2D eigenvalue weighted by Crippen LogP contribution is 2.35. The van der Waals surface area contributed by atoms with Gasteiger partial charge in [-0.1, -0.05) is 6.07 Å². The van der Waals surface area contributed by atoms with Gasteiger partial charge in [0.2, 0.25) is 5.88 Å². The average molecular weight is 369 g/mol. The molecule has 1 N–H and O–H groups in total. The Hall–Kier alpha value is -1.96. The molecule has 2 aliphatic heterocycles. The summed E-state index contributed by atoms with van der Waals surface area (Å²) in [7, 11) is 0. The van der Waals surface area contributed by atoms with E-state index < -0.39 is 12.7 Å². The number of amides is 1. The number of nitrogens with zero attached hydrogens (tertiary/aromatic N) is 3. The minimum absolute atomic E-state index is 0.0347. The van der Waals surface area contributed by atoms with Crippen molar-refractivity contribution in [2.45, 2.75) is 50.7 Å². The van der Waals surface area contributed by atoms with Gasteiger partial charge in [-0.25, -0.2) is 9.78 Å². The standard InChI is InChI=1S/C18H25F2N3O3/c19-17(20)26-16-15(4-1-8-21-16)13-5-10-22(11-6-13)14-3-2-9-23(12-7-14)18(24)25/h1,4,8,13-14,17H,2-3,5-7,9-12H2,(H,24,25). The number of carbonyl (C=O) groups is 1. The summed E-state index contributed by atoms with van der Waals surface area (Å²) in [4.78, 5) is 19.0. The Morgan fingerprint density at radius 1 is 1.19 bits per heavy atom. The quantitative estimate of drug-likeness (QED) is 0.881. The molecule has 0 saturated carbocycles. The SMILES string of the molecule is O=C(O)N1CCCC(N2CCC(c3cccnc3OC(F)F)CC2)CC1. The van der Waals surface area contributed by atoms with Crippen molar-refractivity contribution in [2.75, 3.05) is 26.2 Å². The van der Waals surface area contributed by atoms with Crippen LogP contribution in [-0.2, 0) is 0 Å². The third-order valence-electron chi connectivity index (χ3n) is 5.46. The van der Waals surface area contributed by atoms with Gasteiger partial charge in [-0.2, -0.15) is 8.78 Å². The van der Waals surface area contributed by atoms with Crippen LogP contribution < -0.4 is 4.74 Å². The second kappa shape index (κ2) is 8.62. The molecule has 0 radical (unpaired) electrons. The number of hydrogen-bond acceptors (Lipinski definition) is 4. The fraction of sp³-hybridized carbons (Fsp3) is 0.667. The first-order chi connectivity index (χ1) is 12.5. The van der Waals surface area contributed by atoms with Crippen molar-refractivity contribution in [1.82, 2.24) is 14.8 Å². The molecule has 1 aromatic heterocycles. The van der Waals surface area contributed by atoms with E-state index in [9.17, 15) is 13.6 Å². The van der Waals surface area contributed by atoms with Gasteiger partial charge in [0.25, 0.3) is 0 Å². The van der Waals surface area contributed by atoms with Gasteiger partial charge in [-0.05, 0) is 57.2 Å². The molecule has 6 nitrogen and oxygen atoms in total. The van der Waals surface area contributed by atoms with Crippen LogP contribution in [-0.4, -0.2) is 64.8 Å². The van der Waals surface area contributed by atoms with Gasteiger partial charge in [-0.15, -0.1) is 0 Å². The second-order valence-electron chi connectivity index (χ2n) is 6.94. The highest BCUT2D eigenvalue weighted by Gasteiger charge is 2.30. The van der Waals surface area contributed by atoms with Crippen molar-refractivity contribution in [3.8, 4) is 5.88 Å². The summed E-state index contributed by atoms with van der Waals surface area (Å²) >= 11 is 0. The topological polar surface area (TPSA) is 65.9 Å². The predicted molar refractivity (Wildman–Crippen MR) is 91.7 cm³/mol. The molecule has 2 aliphatic rings. The largest absolute Gasteiger partial charge is 0.465 e. The normalized spacial score (nSPS) is 23.0. The Balaban J connectivity index is 1.57. The monoisotopic (exact) mass is 369 g/mol. The van der Waals surface area contributed by atoms with E-state index in [1.54, 1.807) is 6.07 Å². The molecule has 0 spiro atoms. The second-order valence-corrected chi connectivity index (χ2v) is 6.94. The van der Waals surface area contributed by atoms with E-state index in [4.69, 9.17) is 5.11 Å². The molecule has 1 amide bonds.